The monoisotopic (exact) mass is 289 g/mol. The number of hydrogen-bond donors (Lipinski definition) is 1. The van der Waals surface area contributed by atoms with Gasteiger partial charge in [0.15, 0.2) is 5.16 Å². The predicted molar refractivity (Wildman–Crippen MR) is 83.4 cm³/mol. The van der Waals surface area contributed by atoms with Crippen LogP contribution >= 0.6 is 11.8 Å². The Labute approximate surface area is 123 Å². The average molecular weight is 289 g/mol. The van der Waals surface area contributed by atoms with Crippen molar-refractivity contribution in [2.24, 2.45) is 0 Å². The molecule has 0 aliphatic heterocycles. The first-order chi connectivity index (χ1) is 9.63. The van der Waals surface area contributed by atoms with Crippen molar-refractivity contribution in [3.63, 3.8) is 0 Å². The highest BCUT2D eigenvalue weighted by atomic mass is 32.2. The fourth-order valence-electron chi connectivity index (χ4n) is 1.88. The Balaban J connectivity index is 2.32. The third-order valence-electron chi connectivity index (χ3n) is 3.16. The van der Waals surface area contributed by atoms with Crippen LogP contribution in [0.1, 0.15) is 31.7 Å². The van der Waals surface area contributed by atoms with Crippen molar-refractivity contribution in [2.45, 2.75) is 31.3 Å². The summed E-state index contributed by atoms with van der Waals surface area (Å²) in [5, 5.41) is 0.612. The lowest BCUT2D eigenvalue weighted by atomic mass is 9.98. The fraction of sp³-hybridized carbons (Fsp3) is 0.333. The Morgan fingerprint density at radius 1 is 1.30 bits per heavy atom. The van der Waals surface area contributed by atoms with Gasteiger partial charge in [0.2, 0.25) is 5.88 Å². The third kappa shape index (κ3) is 3.42. The summed E-state index contributed by atoms with van der Waals surface area (Å²) in [5.41, 5.74) is 6.95. The molecule has 0 amide bonds. The molecule has 106 valence electrons. The van der Waals surface area contributed by atoms with E-state index in [9.17, 15) is 0 Å². The van der Waals surface area contributed by atoms with Gasteiger partial charge in [-0.05, 0) is 30.2 Å². The highest BCUT2D eigenvalue weighted by Crippen LogP contribution is 2.32. The smallest absolute Gasteiger partial charge is 0.225 e. The van der Waals surface area contributed by atoms with Crippen LogP contribution in [-0.4, -0.2) is 16.2 Å². The fourth-order valence-corrected chi connectivity index (χ4v) is 2.26. The van der Waals surface area contributed by atoms with Gasteiger partial charge in [0.1, 0.15) is 11.6 Å². The van der Waals surface area contributed by atoms with Crippen molar-refractivity contribution in [3.8, 4) is 11.6 Å². The Morgan fingerprint density at radius 3 is 2.75 bits per heavy atom. The molecule has 1 unspecified atom stereocenters. The molecule has 2 aromatic rings. The first-order valence-corrected chi connectivity index (χ1v) is 7.81. The van der Waals surface area contributed by atoms with Gasteiger partial charge in [-0.25, -0.2) is 4.98 Å². The Morgan fingerprint density at radius 2 is 2.05 bits per heavy atom. The standard InChI is InChI=1S/C15H19N3OS/c1-4-10(2)11-7-5-6-8-12(11)19-14-9-13(16)17-15(18-14)20-3/h5-10H,4H2,1-3H3,(H2,16,17,18). The first kappa shape index (κ1) is 14.7. The minimum atomic E-state index is 0.417. The van der Waals surface area contributed by atoms with Gasteiger partial charge >= 0.3 is 0 Å². The van der Waals surface area contributed by atoms with Gasteiger partial charge in [-0.1, -0.05) is 43.8 Å². The van der Waals surface area contributed by atoms with Crippen LogP contribution < -0.4 is 10.5 Å². The molecule has 1 aromatic heterocycles. The highest BCUT2D eigenvalue weighted by molar-refractivity contribution is 7.98. The van der Waals surface area contributed by atoms with Crippen LogP contribution in [0.15, 0.2) is 35.5 Å². The normalized spacial score (nSPS) is 12.2. The molecule has 0 spiro atoms. The molecule has 20 heavy (non-hydrogen) atoms. The number of nitrogens with zero attached hydrogens (tertiary/aromatic N) is 2. The van der Waals surface area contributed by atoms with E-state index in [1.165, 1.54) is 17.3 Å². The van der Waals surface area contributed by atoms with Gasteiger partial charge in [-0.3, -0.25) is 0 Å². The maximum atomic E-state index is 5.91. The van der Waals surface area contributed by atoms with Gasteiger partial charge < -0.3 is 10.5 Å². The summed E-state index contributed by atoms with van der Waals surface area (Å²) in [7, 11) is 0. The molecule has 0 bridgehead atoms. The van der Waals surface area contributed by atoms with E-state index >= 15 is 0 Å². The number of nitrogen functional groups attached to an aromatic ring is 1. The molecule has 5 heteroatoms. The molecular weight excluding hydrogens is 270 g/mol. The molecule has 1 atom stereocenters. The van der Waals surface area contributed by atoms with Crippen molar-refractivity contribution in [1.82, 2.24) is 9.97 Å². The number of nitrogens with two attached hydrogens (primary N) is 1. The molecule has 0 aliphatic carbocycles. The average Bonchev–Trinajstić information content (AvgIpc) is 2.46. The lowest BCUT2D eigenvalue weighted by molar-refractivity contribution is 0.446. The van der Waals surface area contributed by atoms with Crippen LogP contribution in [0.4, 0.5) is 5.82 Å². The number of rotatable bonds is 5. The number of ether oxygens (including phenoxy) is 1. The largest absolute Gasteiger partial charge is 0.439 e. The zero-order valence-electron chi connectivity index (χ0n) is 12.0. The summed E-state index contributed by atoms with van der Waals surface area (Å²) in [6, 6.07) is 9.67. The second-order valence-electron chi connectivity index (χ2n) is 4.57. The summed E-state index contributed by atoms with van der Waals surface area (Å²) >= 11 is 1.44. The highest BCUT2D eigenvalue weighted by Gasteiger charge is 2.11. The molecule has 0 saturated carbocycles. The summed E-state index contributed by atoms with van der Waals surface area (Å²) in [5.74, 6) is 2.16. The third-order valence-corrected chi connectivity index (χ3v) is 3.71. The molecule has 2 rings (SSSR count). The summed E-state index contributed by atoms with van der Waals surface area (Å²) < 4.78 is 5.91. The molecule has 1 aromatic carbocycles. The lowest BCUT2D eigenvalue weighted by Crippen LogP contribution is -2.00. The molecule has 0 fully saturated rings. The van der Waals surface area contributed by atoms with Crippen LogP contribution in [0, 0.1) is 0 Å². The van der Waals surface area contributed by atoms with E-state index < -0.39 is 0 Å². The van der Waals surface area contributed by atoms with Crippen molar-refractivity contribution >= 4 is 17.6 Å². The van der Waals surface area contributed by atoms with Crippen molar-refractivity contribution < 1.29 is 4.74 Å². The van der Waals surface area contributed by atoms with Crippen LogP contribution in [0.2, 0.25) is 0 Å². The van der Waals surface area contributed by atoms with E-state index in [-0.39, 0.29) is 0 Å². The molecule has 0 radical (unpaired) electrons. The Bertz CT molecular complexity index is 589. The maximum absolute atomic E-state index is 5.91. The SMILES string of the molecule is CCC(C)c1ccccc1Oc1cc(N)nc(SC)n1. The molecule has 2 N–H and O–H groups in total. The molecule has 0 saturated heterocycles. The molecular formula is C15H19N3OS. The van der Waals surface area contributed by atoms with Crippen LogP contribution in [0.25, 0.3) is 0 Å². The Kier molecular flexibility index (Phi) is 4.84. The van der Waals surface area contributed by atoms with E-state index in [1.807, 2.05) is 24.5 Å². The topological polar surface area (TPSA) is 61.0 Å². The second kappa shape index (κ2) is 6.61. The number of anilines is 1. The van der Waals surface area contributed by atoms with Crippen LogP contribution in [-0.2, 0) is 0 Å². The molecule has 1 heterocycles. The van der Waals surface area contributed by atoms with Gasteiger partial charge in [-0.2, -0.15) is 4.98 Å². The summed E-state index contributed by atoms with van der Waals surface area (Å²) in [6.07, 6.45) is 2.97. The number of benzene rings is 1. The second-order valence-corrected chi connectivity index (χ2v) is 5.34. The zero-order valence-corrected chi connectivity index (χ0v) is 12.8. The minimum Gasteiger partial charge on any atom is -0.439 e. The predicted octanol–water partition coefficient (Wildman–Crippen LogP) is 4.09. The number of hydrogen-bond acceptors (Lipinski definition) is 5. The summed E-state index contributed by atoms with van der Waals surface area (Å²) in [6.45, 7) is 4.35. The van der Waals surface area contributed by atoms with Gasteiger partial charge in [0.25, 0.3) is 0 Å². The Hall–Kier alpha value is -1.75. The van der Waals surface area contributed by atoms with Crippen molar-refractivity contribution in [3.05, 3.63) is 35.9 Å². The molecule has 4 nitrogen and oxygen atoms in total. The van der Waals surface area contributed by atoms with E-state index in [0.717, 1.165) is 12.2 Å². The van der Waals surface area contributed by atoms with Gasteiger partial charge in [0, 0.05) is 6.07 Å². The van der Waals surface area contributed by atoms with Crippen molar-refractivity contribution in [1.29, 1.82) is 0 Å². The van der Waals surface area contributed by atoms with E-state index in [1.54, 1.807) is 6.07 Å². The maximum Gasteiger partial charge on any atom is 0.225 e. The first-order valence-electron chi connectivity index (χ1n) is 6.59. The van der Waals surface area contributed by atoms with Gasteiger partial charge in [-0.15, -0.1) is 0 Å². The van der Waals surface area contributed by atoms with Crippen LogP contribution in [0.3, 0.4) is 0 Å². The van der Waals surface area contributed by atoms with E-state index in [4.69, 9.17) is 10.5 Å². The van der Waals surface area contributed by atoms with Gasteiger partial charge in [0.05, 0.1) is 0 Å². The molecule has 0 aliphatic rings. The number of aromatic nitrogens is 2. The zero-order chi connectivity index (χ0) is 14.5. The minimum absolute atomic E-state index is 0.417. The summed E-state index contributed by atoms with van der Waals surface area (Å²) in [4.78, 5) is 8.44. The van der Waals surface area contributed by atoms with E-state index in [0.29, 0.717) is 22.8 Å². The van der Waals surface area contributed by atoms with Crippen LogP contribution in [0.5, 0.6) is 11.6 Å². The number of para-hydroxylation sites is 1. The van der Waals surface area contributed by atoms with Crippen molar-refractivity contribution in [2.75, 3.05) is 12.0 Å². The quantitative estimate of drug-likeness (QED) is 0.663. The van der Waals surface area contributed by atoms with E-state index in [2.05, 4.69) is 29.9 Å². The number of thioether (sulfide) groups is 1. The lowest BCUT2D eigenvalue weighted by Gasteiger charge is -2.15.